The first-order valence-corrected chi connectivity index (χ1v) is 13.3. The van der Waals surface area contributed by atoms with Gasteiger partial charge in [0.2, 0.25) is 0 Å². The average Bonchev–Trinajstić information content (AvgIpc) is 2.74. The van der Waals surface area contributed by atoms with Gasteiger partial charge in [0.15, 0.2) is 9.84 Å². The number of allylic oxidation sites excluding steroid dienone is 1. The Morgan fingerprint density at radius 3 is 1.93 bits per heavy atom. The van der Waals surface area contributed by atoms with Gasteiger partial charge >= 0.3 is 18.5 Å². The molecule has 0 saturated heterocycles. The fourth-order valence-electron chi connectivity index (χ4n) is 3.87. The van der Waals surface area contributed by atoms with E-state index in [-0.39, 0.29) is 12.1 Å². The Balaban J connectivity index is 2.39. The number of halogens is 12. The summed E-state index contributed by atoms with van der Waals surface area (Å²) in [5.41, 5.74) is -5.44. The molecule has 2 aromatic rings. The summed E-state index contributed by atoms with van der Waals surface area (Å²) in [6.45, 7) is 1.30. The van der Waals surface area contributed by atoms with Crippen molar-refractivity contribution in [2.75, 3.05) is 11.5 Å². The molecule has 0 aliphatic carbocycles. The molecule has 0 heterocycles. The van der Waals surface area contributed by atoms with Crippen LogP contribution in [0.5, 0.6) is 0 Å². The van der Waals surface area contributed by atoms with Gasteiger partial charge in [-0.3, -0.25) is 4.79 Å². The van der Waals surface area contributed by atoms with E-state index in [0.717, 1.165) is 19.1 Å². The van der Waals surface area contributed by atoms with E-state index in [4.69, 9.17) is 0 Å². The third-order valence-electron chi connectivity index (χ3n) is 5.54. The van der Waals surface area contributed by atoms with Crippen molar-refractivity contribution in [1.29, 1.82) is 0 Å². The fraction of sp³-hybridized carbons (Fsp3) is 0.400. The molecule has 0 saturated carbocycles. The number of hydrogen-bond acceptors (Lipinski definition) is 3. The number of nitrogens with one attached hydrogen (secondary N) is 1. The molecule has 0 aromatic heterocycles. The van der Waals surface area contributed by atoms with E-state index in [1.807, 2.05) is 5.32 Å². The molecule has 0 radical (unpaired) electrons. The molecule has 0 spiro atoms. The Morgan fingerprint density at radius 1 is 0.881 bits per heavy atom. The fourth-order valence-corrected chi connectivity index (χ4v) is 5.33. The van der Waals surface area contributed by atoms with Crippen LogP contribution in [0.2, 0.25) is 0 Å². The summed E-state index contributed by atoms with van der Waals surface area (Å²) in [7, 11) is -4.79. The molecule has 2 unspecified atom stereocenters. The molecule has 0 aliphatic rings. The maximum absolute atomic E-state index is 14.3. The predicted molar refractivity (Wildman–Crippen MR) is 127 cm³/mol. The monoisotopic (exact) mass is 643 g/mol. The third-order valence-corrected chi connectivity index (χ3v) is 7.32. The Hall–Kier alpha value is -3.24. The normalized spacial score (nSPS) is 15.1. The van der Waals surface area contributed by atoms with Crippen molar-refractivity contribution in [3.05, 3.63) is 76.1 Å². The van der Waals surface area contributed by atoms with Crippen LogP contribution in [0.1, 0.15) is 52.4 Å². The van der Waals surface area contributed by atoms with Gasteiger partial charge in [0.25, 0.3) is 11.8 Å². The van der Waals surface area contributed by atoms with Gasteiger partial charge in [-0.25, -0.2) is 21.6 Å². The van der Waals surface area contributed by atoms with Gasteiger partial charge in [-0.2, -0.15) is 39.5 Å². The van der Waals surface area contributed by atoms with E-state index in [1.165, 1.54) is 0 Å². The maximum atomic E-state index is 14.3. The largest absolute Gasteiger partial charge is 0.419 e. The van der Waals surface area contributed by atoms with Crippen LogP contribution in [0.4, 0.5) is 52.7 Å². The minimum atomic E-state index is -5.23. The number of hydrogen-bond donors (Lipinski definition) is 1. The molecule has 42 heavy (non-hydrogen) atoms. The van der Waals surface area contributed by atoms with Crippen molar-refractivity contribution in [3.63, 3.8) is 0 Å². The highest BCUT2D eigenvalue weighted by atomic mass is 32.2. The Morgan fingerprint density at radius 2 is 1.45 bits per heavy atom. The molecule has 0 fully saturated rings. The summed E-state index contributed by atoms with van der Waals surface area (Å²) in [5, 5.41) is 1.86. The standard InChI is InChI=1S/C25H21F12NO3S/c1-13(11-42(40,41)12-23(29,30)31)38-21(39)16-6-3-14(9-19(16)25(35,36)37)4-7-17(22(2,27)28)15-5-8-18(20(26)10-15)24(32,33)34/h3-10,13,17H,11-12H2,1-2H3,(H,38,39)/b7-4+. The van der Waals surface area contributed by atoms with Crippen molar-refractivity contribution in [2.45, 2.75) is 50.3 Å². The van der Waals surface area contributed by atoms with Crippen LogP contribution in [-0.2, 0) is 22.2 Å². The minimum absolute atomic E-state index is 0.222. The van der Waals surface area contributed by atoms with Gasteiger partial charge in [0.05, 0.1) is 28.4 Å². The molecule has 2 atom stereocenters. The van der Waals surface area contributed by atoms with E-state index >= 15 is 0 Å². The molecule has 17 heteroatoms. The summed E-state index contributed by atoms with van der Waals surface area (Å²) >= 11 is 0. The van der Waals surface area contributed by atoms with Crippen LogP contribution in [-0.4, -0.2) is 44.0 Å². The summed E-state index contributed by atoms with van der Waals surface area (Å²) in [6.07, 6.45) is -14.1. The molecular weight excluding hydrogens is 622 g/mol. The molecule has 2 aromatic carbocycles. The summed E-state index contributed by atoms with van der Waals surface area (Å²) < 4.78 is 183. The molecule has 1 N–H and O–H groups in total. The molecule has 0 aliphatic heterocycles. The molecule has 1 amide bonds. The van der Waals surface area contributed by atoms with Crippen LogP contribution in [0.15, 0.2) is 42.5 Å². The first kappa shape index (κ1) is 35.0. The van der Waals surface area contributed by atoms with Gasteiger partial charge in [0, 0.05) is 13.0 Å². The van der Waals surface area contributed by atoms with Gasteiger partial charge < -0.3 is 5.32 Å². The van der Waals surface area contributed by atoms with Gasteiger partial charge in [-0.05, 0) is 42.3 Å². The number of alkyl halides is 11. The van der Waals surface area contributed by atoms with Crippen molar-refractivity contribution in [2.24, 2.45) is 0 Å². The molecule has 2 rings (SSSR count). The van der Waals surface area contributed by atoms with Crippen molar-refractivity contribution in [3.8, 4) is 0 Å². The van der Waals surface area contributed by atoms with E-state index in [0.29, 0.717) is 31.2 Å². The number of carbonyl (C=O) groups is 1. The Labute approximate surface area is 231 Å². The van der Waals surface area contributed by atoms with Crippen LogP contribution < -0.4 is 5.32 Å². The lowest BCUT2D eigenvalue weighted by Crippen LogP contribution is -2.40. The van der Waals surface area contributed by atoms with Crippen LogP contribution >= 0.6 is 0 Å². The van der Waals surface area contributed by atoms with Crippen molar-refractivity contribution < 1.29 is 65.9 Å². The molecule has 0 bridgehead atoms. The Kier molecular flexibility index (Phi) is 10.1. The number of amides is 1. The highest BCUT2D eigenvalue weighted by molar-refractivity contribution is 7.91. The van der Waals surface area contributed by atoms with Crippen LogP contribution in [0.25, 0.3) is 6.08 Å². The van der Waals surface area contributed by atoms with Gasteiger partial charge in [-0.1, -0.05) is 24.3 Å². The predicted octanol–water partition coefficient (Wildman–Crippen LogP) is 7.41. The smallest absolute Gasteiger partial charge is 0.349 e. The van der Waals surface area contributed by atoms with E-state index in [2.05, 4.69) is 0 Å². The summed E-state index contributed by atoms with van der Waals surface area (Å²) in [6, 6.07) is 1.33. The Bertz CT molecular complexity index is 1420. The zero-order valence-electron chi connectivity index (χ0n) is 21.4. The topological polar surface area (TPSA) is 63.2 Å². The minimum Gasteiger partial charge on any atom is -0.349 e. The molecule has 4 nitrogen and oxygen atoms in total. The number of carbonyl (C=O) groups excluding carboxylic acids is 1. The second-order valence-electron chi connectivity index (χ2n) is 9.38. The number of sulfone groups is 1. The molecule has 234 valence electrons. The summed E-state index contributed by atoms with van der Waals surface area (Å²) in [4.78, 5) is 12.5. The number of rotatable bonds is 9. The average molecular weight is 643 g/mol. The van der Waals surface area contributed by atoms with Crippen molar-refractivity contribution >= 4 is 21.8 Å². The molecular formula is C25H21F12NO3S. The van der Waals surface area contributed by atoms with E-state index < -0.39 is 97.3 Å². The zero-order valence-corrected chi connectivity index (χ0v) is 22.2. The van der Waals surface area contributed by atoms with E-state index in [9.17, 15) is 65.9 Å². The lowest BCUT2D eigenvalue weighted by atomic mass is 9.91. The SMILES string of the molecule is CC(CS(=O)(=O)CC(F)(F)F)NC(=O)c1ccc(/C=C/C(c2ccc(C(F)(F)F)c(F)c2)C(C)(F)F)cc1C(F)(F)F. The first-order valence-electron chi connectivity index (χ1n) is 11.5. The van der Waals surface area contributed by atoms with Crippen LogP contribution in [0, 0.1) is 5.82 Å². The zero-order chi connectivity index (χ0) is 32.5. The highest BCUT2D eigenvalue weighted by Crippen LogP contribution is 2.39. The second-order valence-corrected chi connectivity index (χ2v) is 11.5. The second kappa shape index (κ2) is 12.2. The van der Waals surface area contributed by atoms with Gasteiger partial charge in [-0.15, -0.1) is 0 Å². The third kappa shape index (κ3) is 9.94. The lowest BCUT2D eigenvalue weighted by molar-refractivity contribution is -0.140. The first-order chi connectivity index (χ1) is 18.8. The van der Waals surface area contributed by atoms with Gasteiger partial charge in [0.1, 0.15) is 11.6 Å². The van der Waals surface area contributed by atoms with Crippen LogP contribution in [0.3, 0.4) is 0 Å². The quantitative estimate of drug-likeness (QED) is 0.290. The highest BCUT2D eigenvalue weighted by Gasteiger charge is 2.39. The number of benzene rings is 2. The lowest BCUT2D eigenvalue weighted by Gasteiger charge is -2.22. The summed E-state index contributed by atoms with van der Waals surface area (Å²) in [5.74, 6) is -12.6. The van der Waals surface area contributed by atoms with E-state index in [1.54, 1.807) is 0 Å². The van der Waals surface area contributed by atoms with Crippen molar-refractivity contribution in [1.82, 2.24) is 5.32 Å². The maximum Gasteiger partial charge on any atom is 0.419 e.